The van der Waals surface area contributed by atoms with E-state index in [0.717, 1.165) is 29.7 Å². The second kappa shape index (κ2) is 6.67. The summed E-state index contributed by atoms with van der Waals surface area (Å²) in [5.74, 6) is 0. The zero-order valence-electron chi connectivity index (χ0n) is 10.4. The van der Waals surface area contributed by atoms with Crippen molar-refractivity contribution in [2.24, 2.45) is 7.05 Å². The maximum absolute atomic E-state index is 4.47. The molecule has 0 spiro atoms. The van der Waals surface area contributed by atoms with Crippen molar-refractivity contribution in [2.75, 3.05) is 12.8 Å². The van der Waals surface area contributed by atoms with Gasteiger partial charge in [-0.1, -0.05) is 13.8 Å². The quantitative estimate of drug-likeness (QED) is 0.876. The summed E-state index contributed by atoms with van der Waals surface area (Å²) in [6.45, 7) is 6.25. The van der Waals surface area contributed by atoms with E-state index in [1.54, 1.807) is 0 Å². The lowest BCUT2D eigenvalue weighted by Gasteiger charge is -2.10. The van der Waals surface area contributed by atoms with Crippen molar-refractivity contribution >= 4 is 27.7 Å². The first-order chi connectivity index (χ1) is 7.60. The van der Waals surface area contributed by atoms with Gasteiger partial charge in [-0.2, -0.15) is 16.9 Å². The van der Waals surface area contributed by atoms with E-state index in [4.69, 9.17) is 0 Å². The van der Waals surface area contributed by atoms with Gasteiger partial charge >= 0.3 is 0 Å². The lowest BCUT2D eigenvalue weighted by Crippen LogP contribution is -2.23. The number of nitrogens with zero attached hydrogens (tertiary/aromatic N) is 2. The van der Waals surface area contributed by atoms with Crippen LogP contribution in [0.4, 0.5) is 0 Å². The molecule has 0 bridgehead atoms. The third kappa shape index (κ3) is 3.50. The molecule has 0 saturated carbocycles. The number of hydrogen-bond donors (Lipinski definition) is 1. The Labute approximate surface area is 110 Å². The van der Waals surface area contributed by atoms with Gasteiger partial charge in [0.15, 0.2) is 0 Å². The van der Waals surface area contributed by atoms with Gasteiger partial charge in [0.2, 0.25) is 0 Å². The van der Waals surface area contributed by atoms with E-state index in [0.29, 0.717) is 5.25 Å². The topological polar surface area (TPSA) is 29.9 Å². The van der Waals surface area contributed by atoms with Gasteiger partial charge in [-0.15, -0.1) is 0 Å². The first-order valence-electron chi connectivity index (χ1n) is 5.53. The number of hydrogen-bond acceptors (Lipinski definition) is 3. The Morgan fingerprint density at radius 1 is 1.56 bits per heavy atom. The first-order valence-corrected chi connectivity index (χ1v) is 7.62. The molecule has 1 aromatic rings. The third-order valence-corrected chi connectivity index (χ3v) is 4.52. The normalized spacial score (nSPS) is 13.1. The lowest BCUT2D eigenvalue weighted by atomic mass is 10.3. The van der Waals surface area contributed by atoms with Crippen molar-refractivity contribution in [1.29, 1.82) is 0 Å². The van der Waals surface area contributed by atoms with Gasteiger partial charge in [0.1, 0.15) is 0 Å². The Hall–Kier alpha value is -0.000000000000000111. The summed E-state index contributed by atoms with van der Waals surface area (Å²) in [7, 11) is 2.00. The van der Waals surface area contributed by atoms with Gasteiger partial charge < -0.3 is 5.32 Å². The van der Waals surface area contributed by atoms with E-state index in [2.05, 4.69) is 46.4 Å². The minimum atomic E-state index is 0.651. The summed E-state index contributed by atoms with van der Waals surface area (Å²) < 4.78 is 3.11. The van der Waals surface area contributed by atoms with Crippen LogP contribution < -0.4 is 5.32 Å². The zero-order chi connectivity index (χ0) is 12.1. The van der Waals surface area contributed by atoms with Crippen LogP contribution in [0.15, 0.2) is 4.47 Å². The number of halogens is 1. The Kier molecular flexibility index (Phi) is 5.86. The van der Waals surface area contributed by atoms with E-state index >= 15 is 0 Å². The zero-order valence-corrected chi connectivity index (χ0v) is 12.8. The molecule has 0 amide bonds. The molecule has 0 fully saturated rings. The monoisotopic (exact) mass is 305 g/mol. The molecule has 0 aliphatic rings. The molecule has 1 aromatic heterocycles. The van der Waals surface area contributed by atoms with Crippen molar-refractivity contribution < 1.29 is 0 Å². The van der Waals surface area contributed by atoms with E-state index in [9.17, 15) is 0 Å². The van der Waals surface area contributed by atoms with Crippen molar-refractivity contribution in [2.45, 2.75) is 32.1 Å². The fourth-order valence-electron chi connectivity index (χ4n) is 1.49. The molecule has 3 nitrogen and oxygen atoms in total. The molecular weight excluding hydrogens is 286 g/mol. The smallest absolute Gasteiger partial charge is 0.0767 e. The van der Waals surface area contributed by atoms with Gasteiger partial charge in [-0.05, 0) is 28.6 Å². The summed E-state index contributed by atoms with van der Waals surface area (Å²) in [5, 5.41) is 8.58. The Balaban J connectivity index is 2.56. The van der Waals surface area contributed by atoms with Crippen LogP contribution in [0.5, 0.6) is 0 Å². The number of aromatic nitrogens is 2. The highest BCUT2D eigenvalue weighted by molar-refractivity contribution is 9.10. The molecule has 0 aliphatic heterocycles. The first kappa shape index (κ1) is 14.1. The number of nitrogens with one attached hydrogen (secondary N) is 1. The minimum Gasteiger partial charge on any atom is -0.310 e. The summed E-state index contributed by atoms with van der Waals surface area (Å²) in [6.07, 6.45) is 3.11. The molecule has 1 atom stereocenters. The van der Waals surface area contributed by atoms with E-state index in [1.165, 1.54) is 5.69 Å². The summed E-state index contributed by atoms with van der Waals surface area (Å²) >= 11 is 5.50. The number of rotatable bonds is 6. The Bertz CT molecular complexity index is 338. The maximum Gasteiger partial charge on any atom is 0.0767 e. The molecule has 16 heavy (non-hydrogen) atoms. The van der Waals surface area contributed by atoms with Gasteiger partial charge in [0, 0.05) is 25.4 Å². The van der Waals surface area contributed by atoms with Crippen LogP contribution in [-0.4, -0.2) is 27.8 Å². The molecular formula is C11H20BrN3S. The number of aryl methyl sites for hydroxylation is 2. The second-order valence-electron chi connectivity index (χ2n) is 3.86. The summed E-state index contributed by atoms with van der Waals surface area (Å²) in [4.78, 5) is 0. The van der Waals surface area contributed by atoms with Crippen LogP contribution in [0.1, 0.15) is 25.2 Å². The molecule has 1 N–H and O–H groups in total. The van der Waals surface area contributed by atoms with Crippen molar-refractivity contribution in [1.82, 2.24) is 15.1 Å². The fourth-order valence-corrected chi connectivity index (χ4v) is 2.53. The summed E-state index contributed by atoms with van der Waals surface area (Å²) in [6, 6.07) is 0. The van der Waals surface area contributed by atoms with Gasteiger partial charge in [0.05, 0.1) is 15.9 Å². The Morgan fingerprint density at radius 3 is 2.75 bits per heavy atom. The largest absolute Gasteiger partial charge is 0.310 e. The maximum atomic E-state index is 4.47. The highest BCUT2D eigenvalue weighted by Crippen LogP contribution is 2.21. The van der Waals surface area contributed by atoms with Gasteiger partial charge in [-0.25, -0.2) is 0 Å². The minimum absolute atomic E-state index is 0.651. The lowest BCUT2D eigenvalue weighted by molar-refractivity contribution is 0.621. The predicted octanol–water partition coefficient (Wildman–Crippen LogP) is 2.59. The highest BCUT2D eigenvalue weighted by Gasteiger charge is 2.11. The number of thioether (sulfide) groups is 1. The Morgan fingerprint density at radius 2 is 2.25 bits per heavy atom. The molecule has 0 aliphatic carbocycles. The SMILES string of the molecule is CCc1nn(C)c(CNCC(C)SC)c1Br. The molecule has 1 heterocycles. The molecule has 0 radical (unpaired) electrons. The second-order valence-corrected chi connectivity index (χ2v) is 5.93. The van der Waals surface area contributed by atoms with Crippen LogP contribution in [0, 0.1) is 0 Å². The van der Waals surface area contributed by atoms with Crippen LogP contribution in [-0.2, 0) is 20.0 Å². The van der Waals surface area contributed by atoms with Crippen molar-refractivity contribution in [3.8, 4) is 0 Å². The average molecular weight is 306 g/mol. The fraction of sp³-hybridized carbons (Fsp3) is 0.727. The van der Waals surface area contributed by atoms with E-state index in [-0.39, 0.29) is 0 Å². The predicted molar refractivity (Wildman–Crippen MR) is 75.0 cm³/mol. The van der Waals surface area contributed by atoms with Gasteiger partial charge in [-0.3, -0.25) is 4.68 Å². The third-order valence-electron chi connectivity index (χ3n) is 2.63. The van der Waals surface area contributed by atoms with E-state index < -0.39 is 0 Å². The molecule has 0 saturated heterocycles. The van der Waals surface area contributed by atoms with Gasteiger partial charge in [0.25, 0.3) is 0 Å². The molecule has 5 heteroatoms. The van der Waals surface area contributed by atoms with Crippen LogP contribution in [0.2, 0.25) is 0 Å². The summed E-state index contributed by atoms with van der Waals surface area (Å²) in [5.41, 5.74) is 2.36. The highest BCUT2D eigenvalue weighted by atomic mass is 79.9. The van der Waals surface area contributed by atoms with Crippen molar-refractivity contribution in [3.63, 3.8) is 0 Å². The van der Waals surface area contributed by atoms with Crippen LogP contribution in [0.25, 0.3) is 0 Å². The molecule has 1 unspecified atom stereocenters. The average Bonchev–Trinajstić information content (AvgIpc) is 2.55. The molecule has 0 aromatic carbocycles. The van der Waals surface area contributed by atoms with Crippen LogP contribution in [0.3, 0.4) is 0 Å². The van der Waals surface area contributed by atoms with E-state index in [1.807, 2.05) is 23.5 Å². The van der Waals surface area contributed by atoms with Crippen LogP contribution >= 0.6 is 27.7 Å². The molecule has 92 valence electrons. The standard InChI is InChI=1S/C11H20BrN3S/c1-5-9-11(12)10(15(3)14-9)7-13-6-8(2)16-4/h8,13H,5-7H2,1-4H3. The van der Waals surface area contributed by atoms with Crippen molar-refractivity contribution in [3.05, 3.63) is 15.9 Å². The molecule has 1 rings (SSSR count).